The molecule has 1 aliphatic heterocycles. The summed E-state index contributed by atoms with van der Waals surface area (Å²) in [6.07, 6.45) is 1.26. The largest absolute Gasteiger partial charge is 0.477 e. The van der Waals surface area contributed by atoms with E-state index in [0.717, 1.165) is 36.0 Å². The molecule has 0 aliphatic carbocycles. The number of aryl methyl sites for hydroxylation is 1. The summed E-state index contributed by atoms with van der Waals surface area (Å²) in [6.45, 7) is 6.12. The molecule has 0 amide bonds. The van der Waals surface area contributed by atoms with Gasteiger partial charge < -0.3 is 15.3 Å². The minimum Gasteiger partial charge on any atom is -0.477 e. The van der Waals surface area contributed by atoms with Crippen molar-refractivity contribution in [2.45, 2.75) is 19.9 Å². The van der Waals surface area contributed by atoms with E-state index >= 15 is 0 Å². The Hall–Kier alpha value is -0.910. The molecule has 0 aromatic carbocycles. The van der Waals surface area contributed by atoms with Gasteiger partial charge in [-0.2, -0.15) is 0 Å². The fourth-order valence-corrected chi connectivity index (χ4v) is 3.29. The van der Waals surface area contributed by atoms with Crippen LogP contribution in [0, 0.1) is 12.8 Å². The Balaban J connectivity index is 1.81. The summed E-state index contributed by atoms with van der Waals surface area (Å²) < 4.78 is 0. The molecule has 18 heavy (non-hydrogen) atoms. The van der Waals surface area contributed by atoms with Crippen LogP contribution in [0.3, 0.4) is 0 Å². The molecule has 1 saturated heterocycles. The molecule has 1 fully saturated rings. The SMILES string of the molecule is Cc1sc(C(=O)O)cc1CNCC1CCN(C)C1. The fraction of sp³-hybridized carbons (Fsp3) is 0.615. The van der Waals surface area contributed by atoms with Crippen LogP contribution in [0.15, 0.2) is 6.07 Å². The monoisotopic (exact) mass is 268 g/mol. The maximum atomic E-state index is 10.9. The third-order valence-corrected chi connectivity index (χ3v) is 4.55. The first kappa shape index (κ1) is 13.5. The molecule has 4 nitrogen and oxygen atoms in total. The van der Waals surface area contributed by atoms with Gasteiger partial charge in [0.2, 0.25) is 0 Å². The molecular weight excluding hydrogens is 248 g/mol. The lowest BCUT2D eigenvalue weighted by Crippen LogP contribution is -2.24. The van der Waals surface area contributed by atoms with Crippen LogP contribution in [0.2, 0.25) is 0 Å². The smallest absolute Gasteiger partial charge is 0.345 e. The van der Waals surface area contributed by atoms with Crippen LogP contribution in [-0.2, 0) is 6.54 Å². The first-order chi connectivity index (χ1) is 8.56. The molecule has 1 unspecified atom stereocenters. The predicted molar refractivity (Wildman–Crippen MR) is 73.3 cm³/mol. The van der Waals surface area contributed by atoms with Gasteiger partial charge in [0.05, 0.1) is 0 Å². The highest BCUT2D eigenvalue weighted by atomic mass is 32.1. The number of carboxylic acid groups (broad SMARTS) is 1. The number of aromatic carboxylic acids is 1. The van der Waals surface area contributed by atoms with Crippen molar-refractivity contribution < 1.29 is 9.90 Å². The number of rotatable bonds is 5. The maximum absolute atomic E-state index is 10.9. The van der Waals surface area contributed by atoms with Crippen molar-refractivity contribution in [3.05, 3.63) is 21.4 Å². The lowest BCUT2D eigenvalue weighted by atomic mass is 10.1. The molecule has 0 saturated carbocycles. The summed E-state index contributed by atoms with van der Waals surface area (Å²) in [5.74, 6) is -0.0975. The van der Waals surface area contributed by atoms with E-state index in [1.54, 1.807) is 6.07 Å². The van der Waals surface area contributed by atoms with Crippen molar-refractivity contribution in [1.82, 2.24) is 10.2 Å². The second-order valence-corrected chi connectivity index (χ2v) is 6.30. The molecule has 2 N–H and O–H groups in total. The third kappa shape index (κ3) is 3.31. The molecule has 5 heteroatoms. The first-order valence-electron chi connectivity index (χ1n) is 6.28. The highest BCUT2D eigenvalue weighted by Crippen LogP contribution is 2.21. The van der Waals surface area contributed by atoms with Crippen LogP contribution in [0.1, 0.15) is 26.5 Å². The quantitative estimate of drug-likeness (QED) is 0.855. The molecule has 0 radical (unpaired) electrons. The molecule has 1 aromatic rings. The zero-order valence-corrected chi connectivity index (χ0v) is 11.7. The second-order valence-electron chi connectivity index (χ2n) is 5.05. The summed E-state index contributed by atoms with van der Waals surface area (Å²) in [5, 5.41) is 12.4. The van der Waals surface area contributed by atoms with Gasteiger partial charge in [-0.1, -0.05) is 0 Å². The number of hydrogen-bond donors (Lipinski definition) is 2. The van der Waals surface area contributed by atoms with Crippen LogP contribution >= 0.6 is 11.3 Å². The standard InChI is InChI=1S/C13H20N2O2S/c1-9-11(5-12(18-9)13(16)17)7-14-6-10-3-4-15(2)8-10/h5,10,14H,3-4,6-8H2,1-2H3,(H,16,17). The molecular formula is C13H20N2O2S. The van der Waals surface area contributed by atoms with Gasteiger partial charge in [0.1, 0.15) is 4.88 Å². The highest BCUT2D eigenvalue weighted by molar-refractivity contribution is 7.14. The van der Waals surface area contributed by atoms with Gasteiger partial charge in [-0.05, 0) is 51.0 Å². The van der Waals surface area contributed by atoms with Gasteiger partial charge in [0.15, 0.2) is 0 Å². The Morgan fingerprint density at radius 3 is 3.00 bits per heavy atom. The topological polar surface area (TPSA) is 52.6 Å². The Kier molecular flexibility index (Phi) is 4.37. The van der Waals surface area contributed by atoms with Crippen molar-refractivity contribution in [1.29, 1.82) is 0 Å². The Morgan fingerprint density at radius 2 is 2.44 bits per heavy atom. The lowest BCUT2D eigenvalue weighted by Gasteiger charge is -2.11. The van der Waals surface area contributed by atoms with Crippen LogP contribution in [0.4, 0.5) is 0 Å². The minimum atomic E-state index is -0.827. The van der Waals surface area contributed by atoms with Crippen molar-refractivity contribution in [3.8, 4) is 0 Å². The van der Waals surface area contributed by atoms with E-state index in [2.05, 4.69) is 17.3 Å². The Morgan fingerprint density at radius 1 is 1.67 bits per heavy atom. The van der Waals surface area contributed by atoms with Crippen molar-refractivity contribution >= 4 is 17.3 Å². The van der Waals surface area contributed by atoms with E-state index in [1.807, 2.05) is 6.92 Å². The molecule has 0 spiro atoms. The van der Waals surface area contributed by atoms with Gasteiger partial charge in [-0.25, -0.2) is 4.79 Å². The highest BCUT2D eigenvalue weighted by Gasteiger charge is 2.19. The Bertz CT molecular complexity index is 431. The van der Waals surface area contributed by atoms with Gasteiger partial charge in [0, 0.05) is 18.0 Å². The Labute approximate surface area is 112 Å². The zero-order chi connectivity index (χ0) is 13.1. The van der Waals surface area contributed by atoms with Crippen LogP contribution in [-0.4, -0.2) is 42.7 Å². The minimum absolute atomic E-state index is 0.435. The molecule has 1 atom stereocenters. The number of nitrogens with zero attached hydrogens (tertiary/aromatic N) is 1. The van der Waals surface area contributed by atoms with Crippen molar-refractivity contribution in [2.24, 2.45) is 5.92 Å². The van der Waals surface area contributed by atoms with E-state index in [-0.39, 0.29) is 0 Å². The van der Waals surface area contributed by atoms with Gasteiger partial charge >= 0.3 is 5.97 Å². The average molecular weight is 268 g/mol. The third-order valence-electron chi connectivity index (χ3n) is 3.47. The number of thiophene rings is 1. The number of nitrogens with one attached hydrogen (secondary N) is 1. The van der Waals surface area contributed by atoms with E-state index in [4.69, 9.17) is 5.11 Å². The van der Waals surface area contributed by atoms with E-state index in [1.165, 1.54) is 24.3 Å². The molecule has 1 aromatic heterocycles. The maximum Gasteiger partial charge on any atom is 0.345 e. The summed E-state index contributed by atoms with van der Waals surface area (Å²) in [4.78, 5) is 14.8. The summed E-state index contributed by atoms with van der Waals surface area (Å²) in [7, 11) is 2.15. The van der Waals surface area contributed by atoms with Gasteiger partial charge in [0.25, 0.3) is 0 Å². The summed E-state index contributed by atoms with van der Waals surface area (Å²) >= 11 is 1.36. The predicted octanol–water partition coefficient (Wildman–Crippen LogP) is 1.80. The molecule has 0 bridgehead atoms. The molecule has 100 valence electrons. The number of likely N-dealkylation sites (tertiary alicyclic amines) is 1. The van der Waals surface area contributed by atoms with Gasteiger partial charge in [-0.15, -0.1) is 11.3 Å². The van der Waals surface area contributed by atoms with Crippen molar-refractivity contribution in [3.63, 3.8) is 0 Å². The van der Waals surface area contributed by atoms with E-state index in [9.17, 15) is 4.79 Å². The van der Waals surface area contributed by atoms with E-state index < -0.39 is 5.97 Å². The van der Waals surface area contributed by atoms with Crippen LogP contribution < -0.4 is 5.32 Å². The zero-order valence-electron chi connectivity index (χ0n) is 10.9. The number of carbonyl (C=O) groups is 1. The van der Waals surface area contributed by atoms with Crippen molar-refractivity contribution in [2.75, 3.05) is 26.7 Å². The average Bonchev–Trinajstić information content (AvgIpc) is 2.87. The van der Waals surface area contributed by atoms with Crippen LogP contribution in [0.25, 0.3) is 0 Å². The normalized spacial score (nSPS) is 20.4. The number of carboxylic acids is 1. The van der Waals surface area contributed by atoms with Gasteiger partial charge in [-0.3, -0.25) is 0 Å². The molecule has 1 aliphatic rings. The first-order valence-corrected chi connectivity index (χ1v) is 7.09. The van der Waals surface area contributed by atoms with E-state index in [0.29, 0.717) is 4.88 Å². The number of hydrogen-bond acceptors (Lipinski definition) is 4. The summed E-state index contributed by atoms with van der Waals surface area (Å²) in [5.41, 5.74) is 1.11. The molecule has 2 heterocycles. The van der Waals surface area contributed by atoms with Crippen LogP contribution in [0.5, 0.6) is 0 Å². The summed E-state index contributed by atoms with van der Waals surface area (Å²) in [6, 6.07) is 1.79. The lowest BCUT2D eigenvalue weighted by molar-refractivity contribution is 0.0702. The molecule has 2 rings (SSSR count). The second kappa shape index (κ2) is 5.82. The fourth-order valence-electron chi connectivity index (χ4n) is 2.40.